The van der Waals surface area contributed by atoms with Crippen LogP contribution < -0.4 is 5.32 Å². The number of carbonyl (C=O) groups is 1. The van der Waals surface area contributed by atoms with Crippen LogP contribution in [0, 0.1) is 29.6 Å². The number of aryl methyl sites for hydroxylation is 1. The zero-order valence-electron chi connectivity index (χ0n) is 15.4. The Labute approximate surface area is 154 Å². The van der Waals surface area contributed by atoms with Gasteiger partial charge >= 0.3 is 0 Å². The Morgan fingerprint density at radius 2 is 2.19 bits per heavy atom. The Bertz CT molecular complexity index is 910. The van der Waals surface area contributed by atoms with Gasteiger partial charge in [-0.2, -0.15) is 5.26 Å². The maximum atomic E-state index is 11.8. The molecule has 1 saturated heterocycles. The van der Waals surface area contributed by atoms with Crippen LogP contribution in [0.25, 0.3) is 10.9 Å². The number of nitriles is 1. The van der Waals surface area contributed by atoms with Crippen molar-refractivity contribution in [3.8, 4) is 6.07 Å². The van der Waals surface area contributed by atoms with Crippen LogP contribution in [0.1, 0.15) is 37.3 Å². The summed E-state index contributed by atoms with van der Waals surface area (Å²) >= 11 is 0. The van der Waals surface area contributed by atoms with Crippen LogP contribution in [0.15, 0.2) is 24.3 Å². The molecule has 1 aromatic heterocycles. The Kier molecular flexibility index (Phi) is 4.07. The summed E-state index contributed by atoms with van der Waals surface area (Å²) in [6, 6.07) is 10.2. The first-order chi connectivity index (χ1) is 12.5. The summed E-state index contributed by atoms with van der Waals surface area (Å²) in [5.41, 5.74) is 2.75. The second-order valence-electron chi connectivity index (χ2n) is 7.78. The van der Waals surface area contributed by atoms with E-state index in [1.807, 2.05) is 36.1 Å². The molecule has 5 heteroatoms. The summed E-state index contributed by atoms with van der Waals surface area (Å²) in [6.45, 7) is 6.07. The molecule has 1 unspecified atom stereocenters. The number of aromatic nitrogens is 1. The fourth-order valence-electron chi connectivity index (χ4n) is 4.61. The first-order valence-corrected chi connectivity index (χ1v) is 9.33. The number of amides is 1. The number of nitrogens with one attached hydrogen (secondary N) is 1. The minimum absolute atomic E-state index is 0.163. The molecule has 26 heavy (non-hydrogen) atoms. The van der Waals surface area contributed by atoms with Gasteiger partial charge in [0.1, 0.15) is 11.9 Å². The Morgan fingerprint density at radius 1 is 1.42 bits per heavy atom. The maximum absolute atomic E-state index is 11.8. The Balaban J connectivity index is 1.60. The van der Waals surface area contributed by atoms with Gasteiger partial charge in [-0.1, -0.05) is 24.6 Å². The molecule has 2 aliphatic rings. The third-order valence-corrected chi connectivity index (χ3v) is 6.39. The second kappa shape index (κ2) is 6.28. The van der Waals surface area contributed by atoms with E-state index in [4.69, 9.17) is 4.98 Å². The maximum Gasteiger partial charge on any atom is 0.219 e. The molecule has 5 nitrogen and oxygen atoms in total. The van der Waals surface area contributed by atoms with Gasteiger partial charge in [0.15, 0.2) is 0 Å². The van der Waals surface area contributed by atoms with Crippen molar-refractivity contribution >= 4 is 22.6 Å². The van der Waals surface area contributed by atoms with Gasteiger partial charge in [0.05, 0.1) is 11.1 Å². The fraction of sp³-hybridized carbons (Fsp3) is 0.476. The molecule has 134 valence electrons. The lowest BCUT2D eigenvalue weighted by Crippen LogP contribution is -2.40. The molecule has 2 fully saturated rings. The molecular weight excluding hydrogens is 324 g/mol. The van der Waals surface area contributed by atoms with E-state index in [2.05, 4.69) is 11.4 Å². The van der Waals surface area contributed by atoms with Crippen LogP contribution in [-0.4, -0.2) is 35.4 Å². The van der Waals surface area contributed by atoms with Crippen molar-refractivity contribution in [3.63, 3.8) is 0 Å². The highest BCUT2D eigenvalue weighted by Gasteiger charge is 2.50. The number of likely N-dealkylation sites (tertiary alicyclic amines) is 1. The third kappa shape index (κ3) is 2.61. The molecule has 1 spiro atoms. The zero-order chi connectivity index (χ0) is 18.3. The number of pyridine rings is 1. The number of rotatable bonds is 3. The molecule has 0 bridgehead atoms. The third-order valence-electron chi connectivity index (χ3n) is 6.39. The van der Waals surface area contributed by atoms with Crippen molar-refractivity contribution in [2.45, 2.75) is 33.1 Å². The van der Waals surface area contributed by atoms with Crippen molar-refractivity contribution in [1.82, 2.24) is 9.88 Å². The molecule has 1 aliphatic carbocycles. The molecule has 2 aromatic rings. The lowest BCUT2D eigenvalue weighted by atomic mass is 9.63. The average Bonchev–Trinajstić information content (AvgIpc) is 3.01. The highest BCUT2D eigenvalue weighted by molar-refractivity contribution is 5.87. The minimum Gasteiger partial charge on any atom is -0.369 e. The molecule has 1 saturated carbocycles. The molecule has 1 atom stereocenters. The predicted molar refractivity (Wildman–Crippen MR) is 102 cm³/mol. The molecule has 1 amide bonds. The molecular formula is C21H24N4O. The van der Waals surface area contributed by atoms with Crippen molar-refractivity contribution < 1.29 is 4.79 Å². The SMILES string of the molecule is CC(=O)N1CC(CNc2nc3ccccc3c(C)c2C#N)C2(CCC2)C1. The topological polar surface area (TPSA) is 69.0 Å². The van der Waals surface area contributed by atoms with E-state index in [0.717, 1.165) is 36.1 Å². The standard InChI is InChI=1S/C21H24N4O/c1-14-17-6-3-4-7-19(17)24-20(18(14)10-22)23-11-16-12-25(15(2)26)13-21(16)8-5-9-21/h3-4,6-7,16H,5,8-9,11-13H2,1-2H3,(H,23,24). The van der Waals surface area contributed by atoms with Crippen LogP contribution in [0.5, 0.6) is 0 Å². The van der Waals surface area contributed by atoms with Crippen molar-refractivity contribution in [3.05, 3.63) is 35.4 Å². The van der Waals surface area contributed by atoms with Gasteiger partial charge in [-0.15, -0.1) is 0 Å². The zero-order valence-corrected chi connectivity index (χ0v) is 15.4. The van der Waals surface area contributed by atoms with Crippen LogP contribution in [0.3, 0.4) is 0 Å². The average molecular weight is 348 g/mol. The van der Waals surface area contributed by atoms with Gasteiger partial charge in [0, 0.05) is 37.9 Å². The number of anilines is 1. The number of nitrogens with zero attached hydrogens (tertiary/aromatic N) is 3. The smallest absolute Gasteiger partial charge is 0.219 e. The summed E-state index contributed by atoms with van der Waals surface area (Å²) < 4.78 is 0. The lowest BCUT2D eigenvalue weighted by molar-refractivity contribution is -0.128. The van der Waals surface area contributed by atoms with Gasteiger partial charge in [0.25, 0.3) is 0 Å². The van der Waals surface area contributed by atoms with Crippen LogP contribution in [0.2, 0.25) is 0 Å². The van der Waals surface area contributed by atoms with Gasteiger partial charge in [0.2, 0.25) is 5.91 Å². The van der Waals surface area contributed by atoms with E-state index >= 15 is 0 Å². The Morgan fingerprint density at radius 3 is 2.85 bits per heavy atom. The van der Waals surface area contributed by atoms with Crippen LogP contribution in [-0.2, 0) is 4.79 Å². The van der Waals surface area contributed by atoms with E-state index in [-0.39, 0.29) is 11.3 Å². The largest absolute Gasteiger partial charge is 0.369 e. The fourth-order valence-corrected chi connectivity index (χ4v) is 4.61. The summed E-state index contributed by atoms with van der Waals surface area (Å²) in [5.74, 6) is 1.25. The van der Waals surface area contributed by atoms with Crippen molar-refractivity contribution in [1.29, 1.82) is 5.26 Å². The van der Waals surface area contributed by atoms with E-state index in [9.17, 15) is 10.1 Å². The van der Waals surface area contributed by atoms with E-state index in [1.165, 1.54) is 19.3 Å². The number of carbonyl (C=O) groups excluding carboxylic acids is 1. The van der Waals surface area contributed by atoms with Crippen LogP contribution in [0.4, 0.5) is 5.82 Å². The lowest BCUT2D eigenvalue weighted by Gasteiger charge is -2.42. The van der Waals surface area contributed by atoms with Crippen molar-refractivity contribution in [2.24, 2.45) is 11.3 Å². The molecule has 2 heterocycles. The molecule has 1 aliphatic heterocycles. The van der Waals surface area contributed by atoms with E-state index < -0.39 is 0 Å². The van der Waals surface area contributed by atoms with Crippen molar-refractivity contribution in [2.75, 3.05) is 25.0 Å². The Hall–Kier alpha value is -2.61. The first kappa shape index (κ1) is 16.8. The second-order valence-corrected chi connectivity index (χ2v) is 7.78. The monoisotopic (exact) mass is 348 g/mol. The van der Waals surface area contributed by atoms with E-state index in [1.54, 1.807) is 6.92 Å². The quantitative estimate of drug-likeness (QED) is 0.922. The molecule has 0 radical (unpaired) electrons. The highest BCUT2D eigenvalue weighted by Crippen LogP contribution is 2.51. The number of benzene rings is 1. The van der Waals surface area contributed by atoms with Gasteiger partial charge in [-0.25, -0.2) is 4.98 Å². The van der Waals surface area contributed by atoms with Gasteiger partial charge < -0.3 is 10.2 Å². The summed E-state index contributed by atoms with van der Waals surface area (Å²) in [7, 11) is 0. The van der Waals surface area contributed by atoms with Gasteiger partial charge in [-0.05, 0) is 36.8 Å². The predicted octanol–water partition coefficient (Wildman–Crippen LogP) is 3.48. The summed E-state index contributed by atoms with van der Waals surface area (Å²) in [4.78, 5) is 18.5. The number of fused-ring (bicyclic) bond motifs is 1. The number of hydrogen-bond acceptors (Lipinski definition) is 4. The number of para-hydroxylation sites is 1. The summed E-state index contributed by atoms with van der Waals surface area (Å²) in [6.07, 6.45) is 3.63. The van der Waals surface area contributed by atoms with Crippen LogP contribution >= 0.6 is 0 Å². The summed E-state index contributed by atoms with van der Waals surface area (Å²) in [5, 5.41) is 14.1. The first-order valence-electron chi connectivity index (χ1n) is 9.33. The highest BCUT2D eigenvalue weighted by atomic mass is 16.2. The molecule has 1 aromatic carbocycles. The molecule has 4 rings (SSSR count). The normalized spacial score (nSPS) is 20.8. The number of hydrogen-bond donors (Lipinski definition) is 1. The minimum atomic E-state index is 0.163. The molecule has 1 N–H and O–H groups in total. The van der Waals surface area contributed by atoms with Gasteiger partial charge in [-0.3, -0.25) is 4.79 Å². The van der Waals surface area contributed by atoms with E-state index in [0.29, 0.717) is 17.3 Å².